The highest BCUT2D eigenvalue weighted by molar-refractivity contribution is 6.38. The number of ketones is 1. The summed E-state index contributed by atoms with van der Waals surface area (Å²) >= 11 is 0. The van der Waals surface area contributed by atoms with Crippen molar-refractivity contribution in [3.05, 3.63) is 71.3 Å². The first kappa shape index (κ1) is 25.4. The molecule has 1 unspecified atom stereocenters. The molecule has 0 bridgehead atoms. The lowest BCUT2D eigenvalue weighted by atomic mass is 10.0. The van der Waals surface area contributed by atoms with Crippen LogP contribution in [-0.4, -0.2) is 46.5 Å². The second kappa shape index (κ2) is 10.5. The smallest absolute Gasteiger partial charge is 0.347 e. The molecular formula is C26H26F3N3O4. The zero-order valence-electron chi connectivity index (χ0n) is 19.4. The molecule has 0 aromatic heterocycles. The van der Waals surface area contributed by atoms with Crippen LogP contribution in [0.3, 0.4) is 0 Å². The van der Waals surface area contributed by atoms with Gasteiger partial charge >= 0.3 is 6.18 Å². The number of nitrogens with zero attached hydrogens (tertiary/aromatic N) is 1. The minimum atomic E-state index is -4.61. The van der Waals surface area contributed by atoms with E-state index in [4.69, 9.17) is 0 Å². The van der Waals surface area contributed by atoms with Gasteiger partial charge in [-0.1, -0.05) is 48.5 Å². The summed E-state index contributed by atoms with van der Waals surface area (Å²) in [6, 6.07) is 11.4. The van der Waals surface area contributed by atoms with Crippen LogP contribution in [0.2, 0.25) is 0 Å². The number of hydrogen-bond acceptors (Lipinski definition) is 4. The molecule has 190 valence electrons. The van der Waals surface area contributed by atoms with Crippen molar-refractivity contribution in [1.82, 2.24) is 15.5 Å². The number of amides is 3. The van der Waals surface area contributed by atoms with Crippen LogP contribution in [0.4, 0.5) is 13.2 Å². The molecule has 4 rings (SSSR count). The number of alkyl halides is 3. The van der Waals surface area contributed by atoms with Crippen molar-refractivity contribution in [2.45, 2.75) is 63.0 Å². The first-order valence-electron chi connectivity index (χ1n) is 11.8. The molecule has 2 atom stereocenters. The average molecular weight is 502 g/mol. The Morgan fingerprint density at radius 3 is 2.31 bits per heavy atom. The third-order valence-corrected chi connectivity index (χ3v) is 6.35. The van der Waals surface area contributed by atoms with Gasteiger partial charge in [0, 0.05) is 25.4 Å². The molecule has 0 spiro atoms. The largest absolute Gasteiger partial charge is 0.416 e. The molecule has 1 heterocycles. The van der Waals surface area contributed by atoms with Crippen molar-refractivity contribution in [2.24, 2.45) is 0 Å². The van der Waals surface area contributed by atoms with E-state index in [-0.39, 0.29) is 30.9 Å². The van der Waals surface area contributed by atoms with E-state index < -0.39 is 53.9 Å². The van der Waals surface area contributed by atoms with Gasteiger partial charge in [-0.3, -0.25) is 19.2 Å². The Bertz CT molecular complexity index is 1150. The van der Waals surface area contributed by atoms with Crippen LogP contribution >= 0.6 is 0 Å². The van der Waals surface area contributed by atoms with Gasteiger partial charge in [0.25, 0.3) is 5.91 Å². The van der Waals surface area contributed by atoms with Gasteiger partial charge in [0.1, 0.15) is 12.1 Å². The maximum Gasteiger partial charge on any atom is 0.416 e. The molecule has 2 N–H and O–H groups in total. The fourth-order valence-electron chi connectivity index (χ4n) is 4.29. The molecule has 2 aromatic carbocycles. The monoisotopic (exact) mass is 501 g/mol. The SMILES string of the molecule is O=C(NC1CC1)C(=O)C(Cc1ccccc1)NC(=O)[C@@H]1CCC(=O)N1Cc1ccccc1C(F)(F)F. The summed E-state index contributed by atoms with van der Waals surface area (Å²) in [5.74, 6) is -2.74. The summed E-state index contributed by atoms with van der Waals surface area (Å²) in [6.07, 6.45) is -2.90. The standard InChI is InChI=1S/C26H26F3N3O4/c27-26(28,29)19-9-5-4-8-17(19)15-32-21(12-13-22(32)33)24(35)31-20(14-16-6-2-1-3-7-16)23(34)25(36)30-18-10-11-18/h1-9,18,20-21H,10-15H2,(H,30,36)(H,31,35)/t20?,21-/m0/s1. The summed E-state index contributed by atoms with van der Waals surface area (Å²) in [4.78, 5) is 52.2. The van der Waals surface area contributed by atoms with Crippen molar-refractivity contribution in [3.8, 4) is 0 Å². The van der Waals surface area contributed by atoms with Gasteiger partial charge in [-0.25, -0.2) is 0 Å². The first-order chi connectivity index (χ1) is 17.1. The van der Waals surface area contributed by atoms with E-state index in [9.17, 15) is 32.3 Å². The fourth-order valence-corrected chi connectivity index (χ4v) is 4.29. The highest BCUT2D eigenvalue weighted by Gasteiger charge is 2.40. The number of benzene rings is 2. The third kappa shape index (κ3) is 6.10. The molecule has 36 heavy (non-hydrogen) atoms. The zero-order valence-corrected chi connectivity index (χ0v) is 19.4. The van der Waals surface area contributed by atoms with Crippen molar-refractivity contribution in [3.63, 3.8) is 0 Å². The number of hydrogen-bond donors (Lipinski definition) is 2. The Morgan fingerprint density at radius 1 is 0.972 bits per heavy atom. The van der Waals surface area contributed by atoms with E-state index in [0.29, 0.717) is 5.56 Å². The van der Waals surface area contributed by atoms with Crippen molar-refractivity contribution < 1.29 is 32.3 Å². The van der Waals surface area contributed by atoms with E-state index in [1.807, 2.05) is 0 Å². The number of likely N-dealkylation sites (tertiary alicyclic amines) is 1. The van der Waals surface area contributed by atoms with E-state index in [2.05, 4.69) is 10.6 Å². The average Bonchev–Trinajstić information content (AvgIpc) is 3.59. The summed E-state index contributed by atoms with van der Waals surface area (Å²) in [5, 5.41) is 5.22. The molecule has 1 saturated carbocycles. The molecule has 1 aliphatic heterocycles. The summed E-state index contributed by atoms with van der Waals surface area (Å²) in [7, 11) is 0. The number of rotatable bonds is 9. The minimum absolute atomic E-state index is 0.00820. The van der Waals surface area contributed by atoms with Gasteiger partial charge < -0.3 is 15.5 Å². The van der Waals surface area contributed by atoms with Crippen LogP contribution in [0, 0.1) is 0 Å². The second-order valence-electron chi connectivity index (χ2n) is 9.09. The van der Waals surface area contributed by atoms with E-state index in [1.165, 1.54) is 18.2 Å². The molecule has 2 aliphatic rings. The predicted octanol–water partition coefficient (Wildman–Crippen LogP) is 2.77. The summed E-state index contributed by atoms with van der Waals surface area (Å²) in [6.45, 7) is -0.397. The maximum atomic E-state index is 13.5. The van der Waals surface area contributed by atoms with Gasteiger partial charge in [-0.2, -0.15) is 13.2 Å². The first-order valence-corrected chi connectivity index (χ1v) is 11.8. The van der Waals surface area contributed by atoms with E-state index in [1.54, 1.807) is 30.3 Å². The van der Waals surface area contributed by atoms with Crippen LogP contribution < -0.4 is 10.6 Å². The molecule has 3 amide bonds. The predicted molar refractivity (Wildman–Crippen MR) is 123 cm³/mol. The number of carbonyl (C=O) groups excluding carboxylic acids is 4. The van der Waals surface area contributed by atoms with Gasteiger partial charge in [-0.05, 0) is 36.5 Å². The molecule has 2 fully saturated rings. The fraction of sp³-hybridized carbons (Fsp3) is 0.385. The Morgan fingerprint density at radius 2 is 1.64 bits per heavy atom. The number of halogens is 3. The lowest BCUT2D eigenvalue weighted by Gasteiger charge is -2.27. The molecule has 1 saturated heterocycles. The zero-order chi connectivity index (χ0) is 25.9. The van der Waals surface area contributed by atoms with Crippen LogP contribution in [0.1, 0.15) is 42.4 Å². The Labute approximate surface area is 206 Å². The van der Waals surface area contributed by atoms with Crippen molar-refractivity contribution in [1.29, 1.82) is 0 Å². The van der Waals surface area contributed by atoms with Crippen LogP contribution in [0.15, 0.2) is 54.6 Å². The van der Waals surface area contributed by atoms with Gasteiger partial charge in [-0.15, -0.1) is 0 Å². The topological polar surface area (TPSA) is 95.6 Å². The van der Waals surface area contributed by atoms with E-state index >= 15 is 0 Å². The normalized spacial score (nSPS) is 18.6. The molecule has 2 aromatic rings. The maximum absolute atomic E-state index is 13.5. The van der Waals surface area contributed by atoms with Crippen molar-refractivity contribution >= 4 is 23.5 Å². The van der Waals surface area contributed by atoms with Gasteiger partial charge in [0.2, 0.25) is 17.6 Å². The molecule has 0 radical (unpaired) electrons. The molecule has 10 heteroatoms. The van der Waals surface area contributed by atoms with Crippen molar-refractivity contribution in [2.75, 3.05) is 0 Å². The second-order valence-corrected chi connectivity index (χ2v) is 9.09. The highest BCUT2D eigenvalue weighted by atomic mass is 19.4. The van der Waals surface area contributed by atoms with Crippen LogP contribution in [0.5, 0.6) is 0 Å². The van der Waals surface area contributed by atoms with Crippen LogP contribution in [-0.2, 0) is 38.3 Å². The Kier molecular flexibility index (Phi) is 7.42. The number of Topliss-reactive ketones (excluding diaryl/α,β-unsaturated/α-hetero) is 1. The quantitative estimate of drug-likeness (QED) is 0.517. The molecule has 7 nitrogen and oxygen atoms in total. The van der Waals surface area contributed by atoms with Gasteiger partial charge in [0.05, 0.1) is 5.56 Å². The Hall–Kier alpha value is -3.69. The van der Waals surface area contributed by atoms with Gasteiger partial charge in [0.15, 0.2) is 0 Å². The third-order valence-electron chi connectivity index (χ3n) is 6.35. The number of nitrogens with one attached hydrogen (secondary N) is 2. The lowest BCUT2D eigenvalue weighted by Crippen LogP contribution is -2.53. The molecule has 1 aliphatic carbocycles. The minimum Gasteiger partial charge on any atom is -0.347 e. The van der Waals surface area contributed by atoms with E-state index in [0.717, 1.165) is 23.8 Å². The summed E-state index contributed by atoms with van der Waals surface area (Å²) < 4.78 is 40.4. The highest BCUT2D eigenvalue weighted by Crippen LogP contribution is 2.33. The number of carbonyl (C=O) groups is 4. The Balaban J connectivity index is 1.52. The van der Waals surface area contributed by atoms with Crippen LogP contribution in [0.25, 0.3) is 0 Å². The summed E-state index contributed by atoms with van der Waals surface area (Å²) in [5.41, 5.74) is -0.287. The lowest BCUT2D eigenvalue weighted by molar-refractivity contribution is -0.142. The molecular weight excluding hydrogens is 475 g/mol.